The Morgan fingerprint density at radius 2 is 1.46 bits per heavy atom. The van der Waals surface area contributed by atoms with Crippen LogP contribution in [0.25, 0.3) is 0 Å². The van der Waals surface area contributed by atoms with E-state index in [1.165, 1.54) is 24.0 Å². The van der Waals surface area contributed by atoms with Gasteiger partial charge in [-0.15, -0.1) is 0 Å². The molecule has 126 valence electrons. The molecule has 1 saturated heterocycles. The van der Waals surface area contributed by atoms with E-state index in [-0.39, 0.29) is 11.7 Å². The fourth-order valence-corrected chi connectivity index (χ4v) is 2.84. The molecule has 1 aliphatic carbocycles. The molecule has 3 nitrogen and oxygen atoms in total. The van der Waals surface area contributed by atoms with Gasteiger partial charge in [-0.25, -0.2) is 0 Å². The Morgan fingerprint density at radius 1 is 0.917 bits per heavy atom. The summed E-state index contributed by atoms with van der Waals surface area (Å²) in [6.07, 6.45) is 2.59. The van der Waals surface area contributed by atoms with Crippen LogP contribution in [0.15, 0.2) is 48.5 Å². The first-order chi connectivity index (χ1) is 11.6. The van der Waals surface area contributed by atoms with Crippen LogP contribution in [0.1, 0.15) is 37.8 Å². The molecule has 2 aromatic carbocycles. The highest BCUT2D eigenvalue weighted by atomic mass is 16.8. The summed E-state index contributed by atoms with van der Waals surface area (Å²) < 4.78 is 16.6. The van der Waals surface area contributed by atoms with Gasteiger partial charge in [0.05, 0.1) is 6.61 Å². The molecule has 0 N–H and O–H groups in total. The monoisotopic (exact) mass is 324 g/mol. The fourth-order valence-electron chi connectivity index (χ4n) is 2.84. The molecule has 0 amide bonds. The van der Waals surface area contributed by atoms with Gasteiger partial charge in [0, 0.05) is 5.41 Å². The third kappa shape index (κ3) is 3.57. The second-order valence-electron chi connectivity index (χ2n) is 7.31. The van der Waals surface area contributed by atoms with Gasteiger partial charge in [-0.05, 0) is 54.2 Å². The minimum Gasteiger partial charge on any atom is -0.493 e. The number of hydrogen-bond acceptors (Lipinski definition) is 3. The average Bonchev–Trinajstić information content (AvgIpc) is 3.49. The normalized spacial score (nSPS) is 19.8. The van der Waals surface area contributed by atoms with Crippen LogP contribution < -0.4 is 9.47 Å². The largest absolute Gasteiger partial charge is 0.493 e. The maximum atomic E-state index is 5.83. The van der Waals surface area contributed by atoms with E-state index in [0.717, 1.165) is 24.0 Å². The summed E-state index contributed by atoms with van der Waals surface area (Å²) in [4.78, 5) is 0. The van der Waals surface area contributed by atoms with Crippen molar-refractivity contribution in [2.45, 2.75) is 38.4 Å². The first kappa shape index (κ1) is 15.5. The SMILES string of the molecule is CC(C)(c1ccc(OCC2CC2)cc1)c1ccc(OC2CO2)cc1. The zero-order chi connectivity index (χ0) is 16.6. The molecule has 1 aliphatic heterocycles. The molecule has 24 heavy (non-hydrogen) atoms. The Kier molecular flexibility index (Phi) is 3.97. The predicted octanol–water partition coefficient (Wildman–Crippen LogP) is 4.54. The zero-order valence-corrected chi connectivity index (χ0v) is 14.3. The van der Waals surface area contributed by atoms with Gasteiger partial charge in [0.15, 0.2) is 0 Å². The standard InChI is InChI=1S/C21H24O3/c1-21(2,17-7-11-19(12-8-17)24-20-14-23-20)16-5-9-18(10-6-16)22-13-15-3-4-15/h5-12,15,20H,3-4,13-14H2,1-2H3. The van der Waals surface area contributed by atoms with E-state index in [9.17, 15) is 0 Å². The molecular weight excluding hydrogens is 300 g/mol. The second-order valence-corrected chi connectivity index (χ2v) is 7.31. The third-order valence-electron chi connectivity index (χ3n) is 4.90. The van der Waals surface area contributed by atoms with Crippen LogP contribution >= 0.6 is 0 Å². The van der Waals surface area contributed by atoms with Gasteiger partial charge in [0.1, 0.15) is 18.1 Å². The Hall–Kier alpha value is -2.00. The minimum absolute atomic E-state index is 0.0490. The summed E-state index contributed by atoms with van der Waals surface area (Å²) in [5, 5.41) is 0. The second kappa shape index (κ2) is 6.14. The molecule has 1 unspecified atom stereocenters. The van der Waals surface area contributed by atoms with Crippen molar-refractivity contribution >= 4 is 0 Å². The molecule has 0 spiro atoms. The number of rotatable bonds is 7. The number of hydrogen-bond donors (Lipinski definition) is 0. The molecule has 3 heteroatoms. The lowest BCUT2D eigenvalue weighted by Crippen LogP contribution is -2.18. The highest BCUT2D eigenvalue weighted by Gasteiger charge is 2.26. The van der Waals surface area contributed by atoms with Crippen LogP contribution in [0, 0.1) is 5.92 Å². The topological polar surface area (TPSA) is 31.0 Å². The molecule has 0 aromatic heterocycles. The quantitative estimate of drug-likeness (QED) is 0.701. The van der Waals surface area contributed by atoms with E-state index in [1.54, 1.807) is 0 Å². The first-order valence-corrected chi connectivity index (χ1v) is 8.73. The lowest BCUT2D eigenvalue weighted by molar-refractivity contribution is 0.179. The van der Waals surface area contributed by atoms with Crippen molar-refractivity contribution in [2.75, 3.05) is 13.2 Å². The van der Waals surface area contributed by atoms with E-state index < -0.39 is 0 Å². The summed E-state index contributed by atoms with van der Waals surface area (Å²) in [6, 6.07) is 16.8. The van der Waals surface area contributed by atoms with Crippen LogP contribution in [0.2, 0.25) is 0 Å². The predicted molar refractivity (Wildman–Crippen MR) is 93.6 cm³/mol. The van der Waals surface area contributed by atoms with Gasteiger partial charge in [0.25, 0.3) is 0 Å². The van der Waals surface area contributed by atoms with Gasteiger partial charge in [0.2, 0.25) is 6.29 Å². The van der Waals surface area contributed by atoms with Gasteiger partial charge >= 0.3 is 0 Å². The molecule has 2 fully saturated rings. The van der Waals surface area contributed by atoms with E-state index in [0.29, 0.717) is 6.61 Å². The summed E-state index contributed by atoms with van der Waals surface area (Å²) in [7, 11) is 0. The molecule has 0 bridgehead atoms. The minimum atomic E-state index is -0.0658. The summed E-state index contributed by atoms with van der Waals surface area (Å²) in [5.74, 6) is 2.61. The van der Waals surface area contributed by atoms with Crippen LogP contribution in [0.3, 0.4) is 0 Å². The highest BCUT2D eigenvalue weighted by Crippen LogP contribution is 2.34. The summed E-state index contributed by atoms with van der Waals surface area (Å²) >= 11 is 0. The van der Waals surface area contributed by atoms with Crippen LogP contribution in [0.4, 0.5) is 0 Å². The molecule has 1 heterocycles. The maximum absolute atomic E-state index is 5.83. The molecule has 1 atom stereocenters. The van der Waals surface area contributed by atoms with Gasteiger partial charge in [-0.1, -0.05) is 38.1 Å². The lowest BCUT2D eigenvalue weighted by Gasteiger charge is -2.26. The Balaban J connectivity index is 1.45. The molecular formula is C21H24O3. The summed E-state index contributed by atoms with van der Waals surface area (Å²) in [6.45, 7) is 6.04. The molecule has 1 saturated carbocycles. The number of ether oxygens (including phenoxy) is 3. The average molecular weight is 324 g/mol. The van der Waals surface area contributed by atoms with E-state index in [4.69, 9.17) is 14.2 Å². The van der Waals surface area contributed by atoms with Crippen molar-refractivity contribution in [1.82, 2.24) is 0 Å². The molecule has 0 radical (unpaired) electrons. The Labute approximate surface area is 143 Å². The Bertz CT molecular complexity index is 680. The van der Waals surface area contributed by atoms with Crippen molar-refractivity contribution in [3.63, 3.8) is 0 Å². The Morgan fingerprint density at radius 3 is 1.96 bits per heavy atom. The molecule has 2 aromatic rings. The van der Waals surface area contributed by atoms with Crippen LogP contribution in [-0.4, -0.2) is 19.5 Å². The summed E-state index contributed by atoms with van der Waals surface area (Å²) in [5.41, 5.74) is 2.47. The lowest BCUT2D eigenvalue weighted by atomic mass is 9.78. The number of benzene rings is 2. The smallest absolute Gasteiger partial charge is 0.223 e. The maximum Gasteiger partial charge on any atom is 0.223 e. The van der Waals surface area contributed by atoms with Crippen molar-refractivity contribution in [3.05, 3.63) is 59.7 Å². The third-order valence-corrected chi connectivity index (χ3v) is 4.90. The van der Waals surface area contributed by atoms with E-state index in [2.05, 4.69) is 50.2 Å². The van der Waals surface area contributed by atoms with Crippen molar-refractivity contribution in [3.8, 4) is 11.5 Å². The van der Waals surface area contributed by atoms with Crippen LogP contribution in [0.5, 0.6) is 11.5 Å². The highest BCUT2D eigenvalue weighted by molar-refractivity contribution is 5.41. The molecule has 4 rings (SSSR count). The van der Waals surface area contributed by atoms with E-state index in [1.807, 2.05) is 12.1 Å². The van der Waals surface area contributed by atoms with Crippen molar-refractivity contribution in [1.29, 1.82) is 0 Å². The fraction of sp³-hybridized carbons (Fsp3) is 0.429. The van der Waals surface area contributed by atoms with Gasteiger partial charge in [-0.3, -0.25) is 0 Å². The first-order valence-electron chi connectivity index (χ1n) is 8.73. The van der Waals surface area contributed by atoms with Gasteiger partial charge < -0.3 is 14.2 Å². The van der Waals surface area contributed by atoms with Crippen LogP contribution in [-0.2, 0) is 10.2 Å². The number of epoxide rings is 1. The van der Waals surface area contributed by atoms with Gasteiger partial charge in [-0.2, -0.15) is 0 Å². The van der Waals surface area contributed by atoms with Crippen molar-refractivity contribution in [2.24, 2.45) is 5.92 Å². The zero-order valence-electron chi connectivity index (χ0n) is 14.3. The van der Waals surface area contributed by atoms with E-state index >= 15 is 0 Å². The molecule has 2 aliphatic rings. The van der Waals surface area contributed by atoms with Crippen molar-refractivity contribution < 1.29 is 14.2 Å².